The number of anilines is 3. The van der Waals surface area contributed by atoms with Gasteiger partial charge in [0, 0.05) is 39.1 Å². The molecule has 1 aromatic heterocycles. The van der Waals surface area contributed by atoms with Crippen LogP contribution in [0.5, 0.6) is 5.75 Å². The highest BCUT2D eigenvalue weighted by atomic mass is 32.1. The second-order valence-electron chi connectivity index (χ2n) is 8.18. The van der Waals surface area contributed by atoms with Gasteiger partial charge in [0.15, 0.2) is 5.69 Å². The van der Waals surface area contributed by atoms with Gasteiger partial charge in [0.1, 0.15) is 16.7 Å². The fourth-order valence-electron chi connectivity index (χ4n) is 3.61. The number of nitrogens with one attached hydrogen (secondary N) is 1. The molecule has 11 nitrogen and oxygen atoms in total. The summed E-state index contributed by atoms with van der Waals surface area (Å²) in [6, 6.07) is 12.9. The third-order valence-corrected chi connectivity index (χ3v) is 6.41. The summed E-state index contributed by atoms with van der Waals surface area (Å²) < 4.78 is 14.3. The van der Waals surface area contributed by atoms with Crippen molar-refractivity contribution < 1.29 is 23.9 Å². The summed E-state index contributed by atoms with van der Waals surface area (Å²) in [5, 5.41) is 2.83. The highest BCUT2D eigenvalue weighted by Crippen LogP contribution is 2.34. The molecule has 12 heteroatoms. The first-order valence-corrected chi connectivity index (χ1v) is 12.0. The highest BCUT2D eigenvalue weighted by molar-refractivity contribution is 7.09. The zero-order chi connectivity index (χ0) is 27.1. The monoisotopic (exact) mass is 526 g/mol. The smallest absolute Gasteiger partial charge is 0.273 e. The lowest BCUT2D eigenvalue weighted by Gasteiger charge is -2.31. The summed E-state index contributed by atoms with van der Waals surface area (Å²) in [6.07, 6.45) is 0. The van der Waals surface area contributed by atoms with Gasteiger partial charge >= 0.3 is 0 Å². The van der Waals surface area contributed by atoms with Crippen LogP contribution in [0.4, 0.5) is 17.1 Å². The number of rotatable bonds is 11. The molecule has 1 atom stereocenters. The van der Waals surface area contributed by atoms with E-state index in [0.29, 0.717) is 17.0 Å². The summed E-state index contributed by atoms with van der Waals surface area (Å²) >= 11 is 0.745. The maximum Gasteiger partial charge on any atom is 0.273 e. The van der Waals surface area contributed by atoms with Gasteiger partial charge in [-0.15, -0.1) is 0 Å². The Balaban J connectivity index is 2.18. The van der Waals surface area contributed by atoms with E-state index in [-0.39, 0.29) is 29.4 Å². The molecule has 0 aliphatic heterocycles. The molecular weight excluding hydrogens is 496 g/mol. The Kier molecular flexibility index (Phi) is 9.04. The number of hydrogen-bond acceptors (Lipinski definition) is 9. The van der Waals surface area contributed by atoms with Crippen LogP contribution in [-0.4, -0.2) is 63.6 Å². The van der Waals surface area contributed by atoms with Crippen LogP contribution in [-0.2, 0) is 9.53 Å². The molecule has 0 saturated heterocycles. The Morgan fingerprint density at radius 2 is 1.65 bits per heavy atom. The molecule has 2 aromatic carbocycles. The standard InChI is InChI=1S/C25H30N6O5S/c1-30(2)16-7-5-15(6-8-16)21(24(33)28-13-14-35-3)31(17-9-11-18(36-4)12-10-17)25(34)22-19(26)20(23(27)32)29-37-22/h5-12,21H,13-14,26H2,1-4H3,(H2,27,32)(H,28,33). The molecule has 3 amide bonds. The van der Waals surface area contributed by atoms with Crippen LogP contribution >= 0.6 is 11.5 Å². The number of nitrogens with two attached hydrogens (primary N) is 2. The second-order valence-corrected chi connectivity index (χ2v) is 8.96. The van der Waals surface area contributed by atoms with Gasteiger partial charge in [-0.1, -0.05) is 12.1 Å². The number of carbonyl (C=O) groups excluding carboxylic acids is 3. The van der Waals surface area contributed by atoms with E-state index in [1.54, 1.807) is 36.4 Å². The number of aromatic nitrogens is 1. The SMILES string of the molecule is COCCNC(=O)C(c1ccc(N(C)C)cc1)N(C(=O)c1snc(C(N)=O)c1N)c1ccc(OC)cc1. The van der Waals surface area contributed by atoms with Gasteiger partial charge in [-0.05, 0) is 53.5 Å². The summed E-state index contributed by atoms with van der Waals surface area (Å²) in [5.41, 5.74) is 13.0. The van der Waals surface area contributed by atoms with Gasteiger partial charge in [-0.3, -0.25) is 19.3 Å². The summed E-state index contributed by atoms with van der Waals surface area (Å²) in [6.45, 7) is 0.527. The van der Waals surface area contributed by atoms with Gasteiger partial charge in [0.25, 0.3) is 11.8 Å². The van der Waals surface area contributed by atoms with Crippen molar-refractivity contribution in [1.82, 2.24) is 9.69 Å². The van der Waals surface area contributed by atoms with Crippen molar-refractivity contribution >= 4 is 46.3 Å². The molecular formula is C25H30N6O5S. The molecule has 1 unspecified atom stereocenters. The van der Waals surface area contributed by atoms with E-state index < -0.39 is 23.8 Å². The molecule has 5 N–H and O–H groups in total. The molecule has 0 radical (unpaired) electrons. The Bertz CT molecular complexity index is 1240. The lowest BCUT2D eigenvalue weighted by Crippen LogP contribution is -2.44. The average molecular weight is 527 g/mol. The van der Waals surface area contributed by atoms with E-state index in [4.69, 9.17) is 20.9 Å². The third-order valence-electron chi connectivity index (χ3n) is 5.56. The van der Waals surface area contributed by atoms with Crippen molar-refractivity contribution in [3.63, 3.8) is 0 Å². The summed E-state index contributed by atoms with van der Waals surface area (Å²) in [4.78, 5) is 42.6. The number of amides is 3. The Labute approximate surface area is 219 Å². The first kappa shape index (κ1) is 27.4. The van der Waals surface area contributed by atoms with Gasteiger partial charge in [-0.2, -0.15) is 4.37 Å². The number of ether oxygens (including phenoxy) is 2. The molecule has 37 heavy (non-hydrogen) atoms. The van der Waals surface area contributed by atoms with E-state index in [0.717, 1.165) is 17.2 Å². The maximum absolute atomic E-state index is 14.0. The first-order valence-electron chi connectivity index (χ1n) is 11.3. The molecule has 0 fully saturated rings. The molecule has 196 valence electrons. The fourth-order valence-corrected chi connectivity index (χ4v) is 4.35. The lowest BCUT2D eigenvalue weighted by atomic mass is 10.0. The van der Waals surface area contributed by atoms with Crippen LogP contribution in [0.15, 0.2) is 48.5 Å². The lowest BCUT2D eigenvalue weighted by molar-refractivity contribution is -0.122. The quantitative estimate of drug-likeness (QED) is 0.321. The Morgan fingerprint density at radius 3 is 2.16 bits per heavy atom. The number of nitrogens with zero attached hydrogens (tertiary/aromatic N) is 3. The van der Waals surface area contributed by atoms with Crippen molar-refractivity contribution in [2.75, 3.05) is 57.0 Å². The minimum Gasteiger partial charge on any atom is -0.497 e. The molecule has 0 aliphatic rings. The molecule has 0 aliphatic carbocycles. The van der Waals surface area contributed by atoms with Crippen LogP contribution in [0.2, 0.25) is 0 Å². The number of methoxy groups -OCH3 is 2. The van der Waals surface area contributed by atoms with E-state index in [1.165, 1.54) is 19.1 Å². The average Bonchev–Trinajstić information content (AvgIpc) is 3.28. The number of nitrogen functional groups attached to an aromatic ring is 1. The second kappa shape index (κ2) is 12.2. The van der Waals surface area contributed by atoms with Crippen molar-refractivity contribution in [1.29, 1.82) is 0 Å². The fraction of sp³-hybridized carbons (Fsp3) is 0.280. The Hall–Kier alpha value is -4.16. The van der Waals surface area contributed by atoms with Crippen LogP contribution in [0.3, 0.4) is 0 Å². The minimum absolute atomic E-state index is 0.00998. The van der Waals surface area contributed by atoms with Crippen LogP contribution in [0.25, 0.3) is 0 Å². The summed E-state index contributed by atoms with van der Waals surface area (Å²) in [5.74, 6) is -1.33. The molecule has 3 rings (SSSR count). The van der Waals surface area contributed by atoms with E-state index in [9.17, 15) is 14.4 Å². The minimum atomic E-state index is -1.09. The molecule has 0 spiro atoms. The Morgan fingerprint density at radius 1 is 1.03 bits per heavy atom. The summed E-state index contributed by atoms with van der Waals surface area (Å²) in [7, 11) is 6.86. The number of primary amides is 1. The normalized spacial score (nSPS) is 11.5. The molecule has 0 bridgehead atoms. The zero-order valence-corrected chi connectivity index (χ0v) is 21.9. The van der Waals surface area contributed by atoms with Crippen molar-refractivity contribution in [2.45, 2.75) is 6.04 Å². The van der Waals surface area contributed by atoms with Crippen LogP contribution in [0, 0.1) is 0 Å². The third kappa shape index (κ3) is 6.16. The van der Waals surface area contributed by atoms with E-state index in [2.05, 4.69) is 9.69 Å². The van der Waals surface area contributed by atoms with E-state index in [1.807, 2.05) is 31.1 Å². The van der Waals surface area contributed by atoms with Crippen LogP contribution < -0.4 is 31.3 Å². The topological polar surface area (TPSA) is 153 Å². The van der Waals surface area contributed by atoms with E-state index >= 15 is 0 Å². The number of hydrogen-bond donors (Lipinski definition) is 3. The molecule has 3 aromatic rings. The van der Waals surface area contributed by atoms with Gasteiger partial charge < -0.3 is 31.2 Å². The van der Waals surface area contributed by atoms with Gasteiger partial charge in [0.05, 0.1) is 19.4 Å². The van der Waals surface area contributed by atoms with Crippen molar-refractivity contribution in [3.05, 3.63) is 64.7 Å². The van der Waals surface area contributed by atoms with Gasteiger partial charge in [0.2, 0.25) is 5.91 Å². The van der Waals surface area contributed by atoms with Gasteiger partial charge in [-0.25, -0.2) is 0 Å². The maximum atomic E-state index is 14.0. The zero-order valence-electron chi connectivity index (χ0n) is 21.1. The predicted octanol–water partition coefficient (Wildman–Crippen LogP) is 2.05. The largest absolute Gasteiger partial charge is 0.497 e. The highest BCUT2D eigenvalue weighted by Gasteiger charge is 2.36. The molecule has 0 saturated carbocycles. The first-order chi connectivity index (χ1) is 17.7. The predicted molar refractivity (Wildman–Crippen MR) is 143 cm³/mol. The number of benzene rings is 2. The van der Waals surface area contributed by atoms with Crippen molar-refractivity contribution in [3.8, 4) is 5.75 Å². The van der Waals surface area contributed by atoms with Crippen molar-refractivity contribution in [2.24, 2.45) is 5.73 Å². The molecule has 1 heterocycles. The van der Waals surface area contributed by atoms with Crippen LogP contribution in [0.1, 0.15) is 31.8 Å². The number of carbonyl (C=O) groups is 3.